The van der Waals surface area contributed by atoms with Gasteiger partial charge in [-0.05, 0) is 123 Å². The Morgan fingerprint density at radius 1 is 0.533 bits per heavy atom. The summed E-state index contributed by atoms with van der Waals surface area (Å²) < 4.78 is 23.3. The summed E-state index contributed by atoms with van der Waals surface area (Å²) in [5.41, 5.74) is 5.88. The molecule has 45 heavy (non-hydrogen) atoms. The van der Waals surface area contributed by atoms with E-state index < -0.39 is 11.9 Å². The molecule has 4 rings (SSSR count). The van der Waals surface area contributed by atoms with Gasteiger partial charge in [0.1, 0.15) is 34.5 Å². The zero-order chi connectivity index (χ0) is 33.1. The molecule has 4 aromatic carbocycles. The smallest absolute Gasteiger partial charge is 0.338 e. The maximum absolute atomic E-state index is 12.0. The van der Waals surface area contributed by atoms with E-state index in [0.29, 0.717) is 45.6 Å². The number of ether oxygens (including phenoxy) is 4. The lowest BCUT2D eigenvalue weighted by atomic mass is 9.78. The van der Waals surface area contributed by atoms with Crippen molar-refractivity contribution in [1.29, 1.82) is 0 Å². The Balaban J connectivity index is 1.44. The Morgan fingerprint density at radius 3 is 1.09 bits per heavy atom. The fourth-order valence-electron chi connectivity index (χ4n) is 4.94. The molecule has 0 bridgehead atoms. The molecular weight excluding hydrogens is 564 g/mol. The highest BCUT2D eigenvalue weighted by atomic mass is 16.5. The minimum absolute atomic E-state index is 0.277. The molecule has 6 nitrogen and oxygen atoms in total. The fraction of sp³-hybridized carbons (Fsp3) is 0.231. The van der Waals surface area contributed by atoms with Gasteiger partial charge >= 0.3 is 11.9 Å². The number of aryl methyl sites for hydroxylation is 4. The second-order valence-electron chi connectivity index (χ2n) is 12.0. The fourth-order valence-corrected chi connectivity index (χ4v) is 4.94. The van der Waals surface area contributed by atoms with Gasteiger partial charge in [-0.3, -0.25) is 0 Å². The topological polar surface area (TPSA) is 71.1 Å². The highest BCUT2D eigenvalue weighted by Gasteiger charge is 2.23. The summed E-state index contributed by atoms with van der Waals surface area (Å²) in [5.74, 6) is 2.88. The van der Waals surface area contributed by atoms with Gasteiger partial charge in [0.15, 0.2) is 0 Å². The molecule has 0 saturated heterocycles. The lowest BCUT2D eigenvalue weighted by Crippen LogP contribution is -2.18. The van der Waals surface area contributed by atoms with E-state index in [1.807, 2.05) is 76.2 Å². The summed E-state index contributed by atoms with van der Waals surface area (Å²) in [6.07, 6.45) is 0. The summed E-state index contributed by atoms with van der Waals surface area (Å²) >= 11 is 0. The van der Waals surface area contributed by atoms with Crippen molar-refractivity contribution in [3.8, 4) is 34.5 Å². The molecule has 0 aliphatic rings. The van der Waals surface area contributed by atoms with Gasteiger partial charge in [-0.1, -0.05) is 51.3 Å². The van der Waals surface area contributed by atoms with Gasteiger partial charge in [0, 0.05) is 16.6 Å². The van der Waals surface area contributed by atoms with Crippen LogP contribution in [0.3, 0.4) is 0 Å². The molecule has 6 heteroatoms. The van der Waals surface area contributed by atoms with Crippen molar-refractivity contribution in [3.63, 3.8) is 0 Å². The predicted molar refractivity (Wildman–Crippen MR) is 178 cm³/mol. The standard InChI is InChI=1S/C39H40O6/c1-23(2)37(40)44-35-25(5)19-33(20-26(35)6)42-31-15-11-29(12-16-31)39(9,10)30-13-17-32(18-14-30)43-34-21-27(7)36(28(8)22-34)45-38(41)24(3)4/h11-22H,1,3H2,2,4-10H3. The first-order valence-electron chi connectivity index (χ1n) is 14.7. The molecular formula is C39H40O6. The van der Waals surface area contributed by atoms with Gasteiger partial charge in [0.05, 0.1) is 0 Å². The van der Waals surface area contributed by atoms with Crippen LogP contribution < -0.4 is 18.9 Å². The van der Waals surface area contributed by atoms with Crippen LogP contribution in [0.4, 0.5) is 0 Å². The highest BCUT2D eigenvalue weighted by Crippen LogP contribution is 2.37. The maximum Gasteiger partial charge on any atom is 0.338 e. The van der Waals surface area contributed by atoms with Gasteiger partial charge in [-0.25, -0.2) is 9.59 Å². The Morgan fingerprint density at radius 2 is 0.822 bits per heavy atom. The monoisotopic (exact) mass is 604 g/mol. The first kappa shape index (κ1) is 32.8. The van der Waals surface area contributed by atoms with Gasteiger partial charge in [-0.2, -0.15) is 0 Å². The van der Waals surface area contributed by atoms with Crippen molar-refractivity contribution in [2.75, 3.05) is 0 Å². The summed E-state index contributed by atoms with van der Waals surface area (Å²) in [6.45, 7) is 22.4. The Labute approximate surface area is 265 Å². The number of hydrogen-bond donors (Lipinski definition) is 0. The maximum atomic E-state index is 12.0. The highest BCUT2D eigenvalue weighted by molar-refractivity contribution is 5.89. The third-order valence-corrected chi connectivity index (χ3v) is 7.58. The third kappa shape index (κ3) is 7.71. The molecule has 232 valence electrons. The van der Waals surface area contributed by atoms with E-state index in [1.165, 1.54) is 0 Å². The van der Waals surface area contributed by atoms with E-state index in [-0.39, 0.29) is 5.41 Å². The van der Waals surface area contributed by atoms with Gasteiger partial charge in [-0.15, -0.1) is 0 Å². The van der Waals surface area contributed by atoms with E-state index in [4.69, 9.17) is 18.9 Å². The second-order valence-corrected chi connectivity index (χ2v) is 12.0. The van der Waals surface area contributed by atoms with Crippen LogP contribution in [0, 0.1) is 27.7 Å². The number of rotatable bonds is 10. The molecule has 0 amide bonds. The summed E-state index contributed by atoms with van der Waals surface area (Å²) in [5, 5.41) is 0. The van der Waals surface area contributed by atoms with Crippen LogP contribution in [0.2, 0.25) is 0 Å². The lowest BCUT2D eigenvalue weighted by Gasteiger charge is -2.26. The molecule has 0 atom stereocenters. The molecule has 0 fully saturated rings. The predicted octanol–water partition coefficient (Wildman–Crippen LogP) is 9.79. The zero-order valence-electron chi connectivity index (χ0n) is 27.3. The Hall–Kier alpha value is -5.10. The first-order valence-corrected chi connectivity index (χ1v) is 14.7. The van der Waals surface area contributed by atoms with Crippen molar-refractivity contribution in [2.45, 2.75) is 60.8 Å². The summed E-state index contributed by atoms with van der Waals surface area (Å²) in [6, 6.07) is 23.5. The number of carbonyl (C=O) groups excluding carboxylic acids is 2. The molecule has 0 radical (unpaired) electrons. The first-order chi connectivity index (χ1) is 21.1. The van der Waals surface area contributed by atoms with E-state index in [9.17, 15) is 9.59 Å². The summed E-state index contributed by atoms with van der Waals surface area (Å²) in [7, 11) is 0. The van der Waals surface area contributed by atoms with E-state index >= 15 is 0 Å². The molecule has 0 aliphatic heterocycles. The van der Waals surface area contributed by atoms with Gasteiger partial charge in [0.25, 0.3) is 0 Å². The van der Waals surface area contributed by atoms with Crippen LogP contribution in [0.5, 0.6) is 34.5 Å². The minimum atomic E-state index is -0.449. The van der Waals surface area contributed by atoms with Crippen LogP contribution in [-0.4, -0.2) is 11.9 Å². The lowest BCUT2D eigenvalue weighted by molar-refractivity contribution is -0.131. The molecule has 0 heterocycles. The third-order valence-electron chi connectivity index (χ3n) is 7.58. The zero-order valence-corrected chi connectivity index (χ0v) is 27.3. The normalized spacial score (nSPS) is 11.0. The molecule has 4 aromatic rings. The number of carbonyl (C=O) groups is 2. The van der Waals surface area contributed by atoms with Gasteiger partial charge < -0.3 is 18.9 Å². The average molecular weight is 605 g/mol. The summed E-state index contributed by atoms with van der Waals surface area (Å²) in [4.78, 5) is 24.0. The van der Waals surface area contributed by atoms with Crippen molar-refractivity contribution >= 4 is 11.9 Å². The second kappa shape index (κ2) is 13.3. The van der Waals surface area contributed by atoms with Crippen molar-refractivity contribution in [2.24, 2.45) is 0 Å². The Bertz CT molecular complexity index is 1600. The SMILES string of the molecule is C=C(C)C(=O)Oc1c(C)cc(Oc2ccc(C(C)(C)c3ccc(Oc4cc(C)c(OC(=O)C(=C)C)c(C)c4)cc3)cc2)cc1C. The van der Waals surface area contributed by atoms with Crippen LogP contribution in [0.1, 0.15) is 61.1 Å². The van der Waals surface area contributed by atoms with Crippen LogP contribution in [-0.2, 0) is 15.0 Å². The van der Waals surface area contributed by atoms with Crippen molar-refractivity contribution < 1.29 is 28.5 Å². The van der Waals surface area contributed by atoms with Crippen LogP contribution in [0.25, 0.3) is 0 Å². The Kier molecular flexibility index (Phi) is 9.67. The molecule has 0 spiro atoms. The van der Waals surface area contributed by atoms with Crippen LogP contribution >= 0.6 is 0 Å². The number of esters is 2. The largest absolute Gasteiger partial charge is 0.457 e. The van der Waals surface area contributed by atoms with Gasteiger partial charge in [0.2, 0.25) is 0 Å². The van der Waals surface area contributed by atoms with Crippen molar-refractivity contribution in [1.82, 2.24) is 0 Å². The minimum Gasteiger partial charge on any atom is -0.457 e. The van der Waals surface area contributed by atoms with E-state index in [2.05, 4.69) is 51.3 Å². The number of hydrogen-bond acceptors (Lipinski definition) is 6. The number of benzene rings is 4. The molecule has 0 unspecified atom stereocenters. The van der Waals surface area contributed by atoms with Crippen LogP contribution in [0.15, 0.2) is 97.1 Å². The molecule has 0 aromatic heterocycles. The molecule has 0 saturated carbocycles. The van der Waals surface area contributed by atoms with E-state index in [1.54, 1.807) is 13.8 Å². The average Bonchev–Trinajstić information content (AvgIpc) is 2.97. The molecule has 0 aliphatic carbocycles. The van der Waals surface area contributed by atoms with E-state index in [0.717, 1.165) is 33.4 Å². The quantitative estimate of drug-likeness (QED) is 0.102. The molecule has 0 N–H and O–H groups in total. The van der Waals surface area contributed by atoms with Crippen molar-refractivity contribution in [3.05, 3.63) is 130 Å².